The van der Waals surface area contributed by atoms with Crippen LogP contribution in [0, 0.1) is 5.92 Å². The second kappa shape index (κ2) is 7.70. The van der Waals surface area contributed by atoms with Crippen LogP contribution in [0.5, 0.6) is 0 Å². The third-order valence-corrected chi connectivity index (χ3v) is 4.16. The van der Waals surface area contributed by atoms with Gasteiger partial charge in [0.2, 0.25) is 5.91 Å². The first-order chi connectivity index (χ1) is 11.7. The van der Waals surface area contributed by atoms with E-state index in [9.17, 15) is 9.59 Å². The lowest BCUT2D eigenvalue weighted by Crippen LogP contribution is -2.28. The highest BCUT2D eigenvalue weighted by Gasteiger charge is 2.18. The van der Waals surface area contributed by atoms with Crippen LogP contribution in [0.3, 0.4) is 0 Å². The number of nitrogens with one attached hydrogen (secondary N) is 2. The SMILES string of the molecule is CC(C)C(=O)Nc1cc(-c2cccs2)ccc1NC(=O)OC(C)(C)C. The fourth-order valence-electron chi connectivity index (χ4n) is 2.04. The Morgan fingerprint density at radius 1 is 1.08 bits per heavy atom. The van der Waals surface area contributed by atoms with Gasteiger partial charge in [0, 0.05) is 10.8 Å². The van der Waals surface area contributed by atoms with E-state index in [1.807, 2.05) is 43.5 Å². The molecule has 0 aliphatic carbocycles. The number of carbonyl (C=O) groups is 2. The van der Waals surface area contributed by atoms with Gasteiger partial charge in [0.15, 0.2) is 0 Å². The van der Waals surface area contributed by atoms with E-state index >= 15 is 0 Å². The van der Waals surface area contributed by atoms with E-state index in [0.29, 0.717) is 11.4 Å². The van der Waals surface area contributed by atoms with Crippen molar-refractivity contribution < 1.29 is 14.3 Å². The summed E-state index contributed by atoms with van der Waals surface area (Å²) in [6.45, 7) is 9.04. The van der Waals surface area contributed by atoms with Gasteiger partial charge in [0.1, 0.15) is 5.60 Å². The first kappa shape index (κ1) is 19.0. The number of anilines is 2. The molecule has 0 saturated heterocycles. The van der Waals surface area contributed by atoms with E-state index < -0.39 is 11.7 Å². The Morgan fingerprint density at radius 3 is 2.36 bits per heavy atom. The summed E-state index contributed by atoms with van der Waals surface area (Å²) in [5.74, 6) is -0.282. The maximum Gasteiger partial charge on any atom is 0.412 e. The second-order valence-corrected chi connectivity index (χ2v) is 7.96. The van der Waals surface area contributed by atoms with E-state index in [2.05, 4.69) is 10.6 Å². The molecule has 2 rings (SSSR count). The number of benzene rings is 1. The summed E-state index contributed by atoms with van der Waals surface area (Å²) in [6, 6.07) is 9.52. The van der Waals surface area contributed by atoms with E-state index in [-0.39, 0.29) is 11.8 Å². The van der Waals surface area contributed by atoms with Crippen LogP contribution >= 0.6 is 11.3 Å². The van der Waals surface area contributed by atoms with Crippen molar-refractivity contribution in [3.8, 4) is 10.4 Å². The predicted octanol–water partition coefficient (Wildman–Crippen LogP) is 5.36. The van der Waals surface area contributed by atoms with Gasteiger partial charge < -0.3 is 10.1 Å². The normalized spacial score (nSPS) is 11.3. The van der Waals surface area contributed by atoms with Crippen molar-refractivity contribution in [2.45, 2.75) is 40.2 Å². The summed E-state index contributed by atoms with van der Waals surface area (Å²) in [7, 11) is 0. The average Bonchev–Trinajstić information content (AvgIpc) is 3.01. The number of hydrogen-bond donors (Lipinski definition) is 2. The summed E-state index contributed by atoms with van der Waals surface area (Å²) in [5, 5.41) is 7.58. The molecule has 6 heteroatoms. The van der Waals surface area contributed by atoms with Crippen molar-refractivity contribution in [2.75, 3.05) is 10.6 Å². The molecule has 1 aromatic heterocycles. The number of carbonyl (C=O) groups excluding carboxylic acids is 2. The highest BCUT2D eigenvalue weighted by atomic mass is 32.1. The van der Waals surface area contributed by atoms with Crippen LogP contribution in [0.1, 0.15) is 34.6 Å². The van der Waals surface area contributed by atoms with E-state index in [4.69, 9.17) is 4.74 Å². The van der Waals surface area contributed by atoms with Crippen LogP contribution in [-0.2, 0) is 9.53 Å². The lowest BCUT2D eigenvalue weighted by atomic mass is 10.1. The van der Waals surface area contributed by atoms with Gasteiger partial charge in [0.05, 0.1) is 11.4 Å². The number of ether oxygens (including phenoxy) is 1. The Labute approximate surface area is 152 Å². The van der Waals surface area contributed by atoms with Crippen molar-refractivity contribution in [1.29, 1.82) is 0 Å². The van der Waals surface area contributed by atoms with Gasteiger partial charge in [-0.05, 0) is 49.9 Å². The topological polar surface area (TPSA) is 67.4 Å². The number of hydrogen-bond acceptors (Lipinski definition) is 4. The number of rotatable bonds is 4. The van der Waals surface area contributed by atoms with Crippen LogP contribution in [0.4, 0.5) is 16.2 Å². The standard InChI is InChI=1S/C19H24N2O3S/c1-12(2)17(22)20-15-11-13(16-7-6-10-25-16)8-9-14(15)21-18(23)24-19(3,4)5/h6-12H,1-5H3,(H,20,22)(H,21,23). The second-order valence-electron chi connectivity index (χ2n) is 7.01. The largest absolute Gasteiger partial charge is 0.444 e. The maximum atomic E-state index is 12.1. The molecule has 25 heavy (non-hydrogen) atoms. The molecule has 1 heterocycles. The molecular weight excluding hydrogens is 336 g/mol. The van der Waals surface area contributed by atoms with E-state index in [1.165, 1.54) is 0 Å². The number of thiophene rings is 1. The molecule has 2 N–H and O–H groups in total. The molecule has 0 unspecified atom stereocenters. The Bertz CT molecular complexity index is 747. The lowest BCUT2D eigenvalue weighted by Gasteiger charge is -2.21. The predicted molar refractivity (Wildman–Crippen MR) is 103 cm³/mol. The third-order valence-electron chi connectivity index (χ3n) is 3.24. The summed E-state index contributed by atoms with van der Waals surface area (Å²) in [6.07, 6.45) is -0.559. The smallest absolute Gasteiger partial charge is 0.412 e. The average molecular weight is 360 g/mol. The zero-order valence-corrected chi connectivity index (χ0v) is 16.0. The molecule has 5 nitrogen and oxygen atoms in total. The third kappa shape index (κ3) is 5.60. The zero-order chi connectivity index (χ0) is 18.6. The van der Waals surface area contributed by atoms with Gasteiger partial charge >= 0.3 is 6.09 Å². The summed E-state index contributed by atoms with van der Waals surface area (Å²) in [4.78, 5) is 25.3. The molecule has 2 amide bonds. The van der Waals surface area contributed by atoms with Crippen molar-refractivity contribution in [3.05, 3.63) is 35.7 Å². The molecule has 0 saturated carbocycles. The van der Waals surface area contributed by atoms with Crippen molar-refractivity contribution in [3.63, 3.8) is 0 Å². The van der Waals surface area contributed by atoms with Crippen LogP contribution in [0.2, 0.25) is 0 Å². The van der Waals surface area contributed by atoms with Gasteiger partial charge in [-0.15, -0.1) is 11.3 Å². The molecule has 0 spiro atoms. The Balaban J connectivity index is 2.30. The minimum atomic E-state index is -0.595. The molecule has 134 valence electrons. The highest BCUT2D eigenvalue weighted by Crippen LogP contribution is 2.32. The van der Waals surface area contributed by atoms with Gasteiger partial charge in [-0.25, -0.2) is 4.79 Å². The highest BCUT2D eigenvalue weighted by molar-refractivity contribution is 7.13. The van der Waals surface area contributed by atoms with Crippen molar-refractivity contribution in [1.82, 2.24) is 0 Å². The van der Waals surface area contributed by atoms with E-state index in [1.54, 1.807) is 38.2 Å². The monoisotopic (exact) mass is 360 g/mol. The first-order valence-electron chi connectivity index (χ1n) is 8.14. The van der Waals surface area contributed by atoms with Gasteiger partial charge in [-0.1, -0.05) is 26.0 Å². The molecule has 0 radical (unpaired) electrons. The number of amides is 2. The van der Waals surface area contributed by atoms with E-state index in [0.717, 1.165) is 10.4 Å². The lowest BCUT2D eigenvalue weighted by molar-refractivity contribution is -0.118. The summed E-state index contributed by atoms with van der Waals surface area (Å²) < 4.78 is 5.29. The van der Waals surface area contributed by atoms with Gasteiger partial charge in [-0.2, -0.15) is 0 Å². The molecule has 0 fully saturated rings. The molecule has 0 atom stereocenters. The molecule has 1 aromatic carbocycles. The van der Waals surface area contributed by atoms with Crippen molar-refractivity contribution in [2.24, 2.45) is 5.92 Å². The van der Waals surface area contributed by atoms with Crippen LogP contribution in [-0.4, -0.2) is 17.6 Å². The Hall–Kier alpha value is -2.34. The first-order valence-corrected chi connectivity index (χ1v) is 9.02. The Kier molecular flexibility index (Phi) is 5.85. The molecule has 0 aliphatic heterocycles. The quantitative estimate of drug-likeness (QED) is 0.771. The van der Waals surface area contributed by atoms with Crippen LogP contribution < -0.4 is 10.6 Å². The summed E-state index contributed by atoms with van der Waals surface area (Å²) >= 11 is 1.61. The zero-order valence-electron chi connectivity index (χ0n) is 15.2. The minimum absolute atomic E-state index is 0.115. The van der Waals surface area contributed by atoms with Crippen LogP contribution in [0.15, 0.2) is 35.7 Å². The maximum absolute atomic E-state index is 12.1. The molecule has 0 bridgehead atoms. The molecule has 2 aromatic rings. The summed E-state index contributed by atoms with van der Waals surface area (Å²) in [5.41, 5.74) is 1.44. The minimum Gasteiger partial charge on any atom is -0.444 e. The molecular formula is C19H24N2O3S. The van der Waals surface area contributed by atoms with Crippen LogP contribution in [0.25, 0.3) is 10.4 Å². The van der Waals surface area contributed by atoms with Gasteiger partial charge in [0.25, 0.3) is 0 Å². The molecule has 0 aliphatic rings. The fraction of sp³-hybridized carbons (Fsp3) is 0.368. The van der Waals surface area contributed by atoms with Crippen molar-refractivity contribution >= 4 is 34.7 Å². The fourth-order valence-corrected chi connectivity index (χ4v) is 2.77. The Morgan fingerprint density at radius 2 is 1.80 bits per heavy atom. The van der Waals surface area contributed by atoms with Gasteiger partial charge in [-0.3, -0.25) is 10.1 Å².